The fourth-order valence-electron chi connectivity index (χ4n) is 2.70. The normalized spacial score (nSPS) is 15.2. The largest absolute Gasteiger partial charge is 0.496 e. The van der Waals surface area contributed by atoms with Crippen LogP contribution in [0.1, 0.15) is 23.2 Å². The number of carboxylic acid groups (broad SMARTS) is 1. The van der Waals surface area contributed by atoms with Gasteiger partial charge in [0.1, 0.15) is 5.75 Å². The van der Waals surface area contributed by atoms with Gasteiger partial charge in [-0.05, 0) is 12.8 Å². The number of likely N-dealkylation sites (tertiary alicyclic amines) is 1. The number of methoxy groups -OCH3 is 3. The highest BCUT2D eigenvalue weighted by Crippen LogP contribution is 2.35. The number of rotatable bonds is 5. The predicted octanol–water partition coefficient (Wildman–Crippen LogP) is 1.65. The second kappa shape index (κ2) is 7.21. The lowest BCUT2D eigenvalue weighted by Crippen LogP contribution is -2.40. The number of aliphatic carboxylic acids is 1. The van der Waals surface area contributed by atoms with Crippen LogP contribution in [0.25, 0.3) is 0 Å². The van der Waals surface area contributed by atoms with Crippen molar-refractivity contribution in [2.45, 2.75) is 12.8 Å². The number of carbonyl (C=O) groups excluding carboxylic acids is 1. The number of hydrogen-bond acceptors (Lipinski definition) is 5. The van der Waals surface area contributed by atoms with Crippen LogP contribution in [-0.2, 0) is 4.79 Å². The number of benzene rings is 1. The molecule has 1 aliphatic rings. The molecule has 7 heteroatoms. The van der Waals surface area contributed by atoms with Crippen LogP contribution < -0.4 is 14.2 Å². The Kier molecular flexibility index (Phi) is 5.31. The van der Waals surface area contributed by atoms with E-state index in [4.69, 9.17) is 19.3 Å². The third-order valence-electron chi connectivity index (χ3n) is 4.07. The van der Waals surface area contributed by atoms with Crippen molar-refractivity contribution >= 4 is 11.9 Å². The fourth-order valence-corrected chi connectivity index (χ4v) is 2.70. The standard InChI is InChI=1S/C16H21NO6/c1-21-12-9-14(23-3)13(22-2)8-11(12)15(18)17-6-4-10(5-7-17)16(19)20/h8-10H,4-7H2,1-3H3,(H,19,20). The number of carbonyl (C=O) groups is 2. The second-order valence-corrected chi connectivity index (χ2v) is 5.31. The summed E-state index contributed by atoms with van der Waals surface area (Å²) in [6.07, 6.45) is 0.910. The van der Waals surface area contributed by atoms with Crippen molar-refractivity contribution in [1.29, 1.82) is 0 Å². The number of carboxylic acids is 1. The molecule has 1 aliphatic heterocycles. The molecule has 0 spiro atoms. The number of nitrogens with zero attached hydrogens (tertiary/aromatic N) is 1. The molecule has 0 atom stereocenters. The number of piperidine rings is 1. The molecule has 1 heterocycles. The van der Waals surface area contributed by atoms with Gasteiger partial charge in [-0.25, -0.2) is 0 Å². The maximum atomic E-state index is 12.7. The smallest absolute Gasteiger partial charge is 0.306 e. The highest BCUT2D eigenvalue weighted by Gasteiger charge is 2.29. The number of hydrogen-bond donors (Lipinski definition) is 1. The Hall–Kier alpha value is -2.44. The van der Waals surface area contributed by atoms with E-state index in [2.05, 4.69) is 0 Å². The number of ether oxygens (including phenoxy) is 3. The summed E-state index contributed by atoms with van der Waals surface area (Å²) < 4.78 is 15.7. The van der Waals surface area contributed by atoms with Crippen molar-refractivity contribution < 1.29 is 28.9 Å². The zero-order valence-corrected chi connectivity index (χ0v) is 13.5. The van der Waals surface area contributed by atoms with Crippen molar-refractivity contribution in [2.75, 3.05) is 34.4 Å². The summed E-state index contributed by atoms with van der Waals surface area (Å²) in [4.78, 5) is 25.4. The maximum Gasteiger partial charge on any atom is 0.306 e. The van der Waals surface area contributed by atoms with Gasteiger partial charge in [0.2, 0.25) is 0 Å². The van der Waals surface area contributed by atoms with E-state index in [9.17, 15) is 9.59 Å². The zero-order valence-electron chi connectivity index (χ0n) is 13.5. The van der Waals surface area contributed by atoms with Crippen LogP contribution in [-0.4, -0.2) is 56.3 Å². The van der Waals surface area contributed by atoms with E-state index in [0.717, 1.165) is 0 Å². The van der Waals surface area contributed by atoms with Crippen molar-refractivity contribution in [2.24, 2.45) is 5.92 Å². The fraction of sp³-hybridized carbons (Fsp3) is 0.500. The molecule has 2 rings (SSSR count). The molecule has 1 fully saturated rings. The molecule has 0 aliphatic carbocycles. The molecule has 1 aromatic carbocycles. The van der Waals surface area contributed by atoms with E-state index in [0.29, 0.717) is 48.7 Å². The van der Waals surface area contributed by atoms with Crippen LogP contribution in [0, 0.1) is 5.92 Å². The molecule has 7 nitrogen and oxygen atoms in total. The number of amides is 1. The van der Waals surface area contributed by atoms with Crippen molar-refractivity contribution in [3.63, 3.8) is 0 Å². The summed E-state index contributed by atoms with van der Waals surface area (Å²) in [7, 11) is 4.49. The van der Waals surface area contributed by atoms with E-state index >= 15 is 0 Å². The molecule has 126 valence electrons. The van der Waals surface area contributed by atoms with Gasteiger partial charge in [0.05, 0.1) is 32.8 Å². The Morgan fingerprint density at radius 1 is 1.00 bits per heavy atom. The minimum absolute atomic E-state index is 0.202. The van der Waals surface area contributed by atoms with Crippen LogP contribution in [0.2, 0.25) is 0 Å². The van der Waals surface area contributed by atoms with Crippen molar-refractivity contribution in [1.82, 2.24) is 4.90 Å². The average molecular weight is 323 g/mol. The Balaban J connectivity index is 2.23. The van der Waals surface area contributed by atoms with E-state index in [1.165, 1.54) is 21.3 Å². The lowest BCUT2D eigenvalue weighted by molar-refractivity contribution is -0.143. The first-order valence-electron chi connectivity index (χ1n) is 7.33. The Bertz CT molecular complexity index is 592. The van der Waals surface area contributed by atoms with Crippen molar-refractivity contribution in [3.05, 3.63) is 17.7 Å². The van der Waals surface area contributed by atoms with Gasteiger partial charge < -0.3 is 24.2 Å². The second-order valence-electron chi connectivity index (χ2n) is 5.31. The van der Waals surface area contributed by atoms with Crippen LogP contribution in [0.4, 0.5) is 0 Å². The van der Waals surface area contributed by atoms with Crippen LogP contribution in [0.15, 0.2) is 12.1 Å². The van der Waals surface area contributed by atoms with E-state index in [1.807, 2.05) is 0 Å². The molecule has 0 aromatic heterocycles. The van der Waals surface area contributed by atoms with Crippen LogP contribution in [0.5, 0.6) is 17.2 Å². The monoisotopic (exact) mass is 323 g/mol. The molecule has 1 aromatic rings. The molecule has 0 bridgehead atoms. The summed E-state index contributed by atoms with van der Waals surface area (Å²) >= 11 is 0. The first-order valence-corrected chi connectivity index (χ1v) is 7.33. The summed E-state index contributed by atoms with van der Waals surface area (Å²) in [5.41, 5.74) is 0.374. The van der Waals surface area contributed by atoms with Crippen LogP contribution in [0.3, 0.4) is 0 Å². The molecule has 0 saturated carbocycles. The molecule has 23 heavy (non-hydrogen) atoms. The van der Waals surface area contributed by atoms with Gasteiger partial charge in [-0.2, -0.15) is 0 Å². The van der Waals surface area contributed by atoms with Gasteiger partial charge in [0.25, 0.3) is 5.91 Å². The van der Waals surface area contributed by atoms with Crippen LogP contribution >= 0.6 is 0 Å². The summed E-state index contributed by atoms with van der Waals surface area (Å²) in [5, 5.41) is 9.03. The molecule has 0 unspecified atom stereocenters. The lowest BCUT2D eigenvalue weighted by Gasteiger charge is -2.30. The van der Waals surface area contributed by atoms with E-state index in [-0.39, 0.29) is 11.8 Å². The third-order valence-corrected chi connectivity index (χ3v) is 4.07. The lowest BCUT2D eigenvalue weighted by atomic mass is 9.96. The van der Waals surface area contributed by atoms with Gasteiger partial charge in [0, 0.05) is 25.2 Å². The van der Waals surface area contributed by atoms with E-state index in [1.54, 1.807) is 17.0 Å². The predicted molar refractivity (Wildman–Crippen MR) is 82.4 cm³/mol. The molecule has 1 amide bonds. The van der Waals surface area contributed by atoms with Gasteiger partial charge in [0.15, 0.2) is 11.5 Å². The Morgan fingerprint density at radius 3 is 2.00 bits per heavy atom. The summed E-state index contributed by atoms with van der Waals surface area (Å²) in [5.74, 6) is -0.0747. The molecule has 1 saturated heterocycles. The minimum atomic E-state index is -0.805. The molecular weight excluding hydrogens is 302 g/mol. The molecule has 1 N–H and O–H groups in total. The molecular formula is C16H21NO6. The quantitative estimate of drug-likeness (QED) is 0.887. The minimum Gasteiger partial charge on any atom is -0.496 e. The third kappa shape index (κ3) is 3.49. The van der Waals surface area contributed by atoms with Gasteiger partial charge in [-0.1, -0.05) is 0 Å². The average Bonchev–Trinajstić information content (AvgIpc) is 2.59. The summed E-state index contributed by atoms with van der Waals surface area (Å²) in [6.45, 7) is 0.820. The Morgan fingerprint density at radius 2 is 1.52 bits per heavy atom. The highest BCUT2D eigenvalue weighted by atomic mass is 16.5. The molecule has 0 radical (unpaired) electrons. The van der Waals surface area contributed by atoms with Gasteiger partial charge in [-0.3, -0.25) is 9.59 Å². The summed E-state index contributed by atoms with van der Waals surface area (Å²) in [6, 6.07) is 3.19. The topological polar surface area (TPSA) is 85.3 Å². The van der Waals surface area contributed by atoms with Gasteiger partial charge >= 0.3 is 5.97 Å². The zero-order chi connectivity index (χ0) is 17.0. The highest BCUT2D eigenvalue weighted by molar-refractivity contribution is 5.98. The first kappa shape index (κ1) is 16.9. The Labute approximate surface area is 134 Å². The van der Waals surface area contributed by atoms with Gasteiger partial charge in [-0.15, -0.1) is 0 Å². The maximum absolute atomic E-state index is 12.7. The van der Waals surface area contributed by atoms with E-state index < -0.39 is 5.97 Å². The SMILES string of the molecule is COc1cc(OC)c(C(=O)N2CCC(C(=O)O)CC2)cc1OC. The first-order chi connectivity index (χ1) is 11.0. The van der Waals surface area contributed by atoms with Crippen molar-refractivity contribution in [3.8, 4) is 17.2 Å².